The molecule has 0 rings (SSSR count). The van der Waals surface area contributed by atoms with E-state index in [1.54, 1.807) is 6.92 Å². The summed E-state index contributed by atoms with van der Waals surface area (Å²) in [5.41, 5.74) is 0. The molecule has 0 aromatic carbocycles. The van der Waals surface area contributed by atoms with E-state index in [0.29, 0.717) is 6.42 Å². The monoisotopic (exact) mass is 126 g/mol. The molecule has 3 heteroatoms. The SMILES string of the molecule is CCC(=O)C(C)O.[NaH]. The fourth-order valence-corrected chi connectivity index (χ4v) is 0.295. The first-order valence-electron chi connectivity index (χ1n) is 2.39. The second-order valence-corrected chi connectivity index (χ2v) is 1.50. The van der Waals surface area contributed by atoms with E-state index in [2.05, 4.69) is 0 Å². The Labute approximate surface area is 71.6 Å². The molecule has 8 heavy (non-hydrogen) atoms. The molecule has 0 aliphatic heterocycles. The molecule has 0 spiro atoms. The van der Waals surface area contributed by atoms with Gasteiger partial charge in [0.05, 0.1) is 0 Å². The van der Waals surface area contributed by atoms with Crippen molar-refractivity contribution in [3.8, 4) is 0 Å². The maximum absolute atomic E-state index is 10.3. The van der Waals surface area contributed by atoms with Gasteiger partial charge in [-0.3, -0.25) is 4.79 Å². The quantitative estimate of drug-likeness (QED) is 0.516. The van der Waals surface area contributed by atoms with Crippen LogP contribution in [0.15, 0.2) is 0 Å². The molecule has 0 amide bonds. The molecule has 0 aliphatic carbocycles. The molecular weight excluding hydrogens is 115 g/mol. The number of hydrogen-bond acceptors (Lipinski definition) is 2. The second-order valence-electron chi connectivity index (χ2n) is 1.50. The number of Topliss-reactive ketones (excluding diaryl/α,β-unsaturated/α-hetero) is 1. The molecule has 0 saturated heterocycles. The molecule has 1 N–H and O–H groups in total. The predicted molar refractivity (Wildman–Crippen MR) is 34.1 cm³/mol. The van der Waals surface area contributed by atoms with Crippen LogP contribution in [0.25, 0.3) is 0 Å². The molecule has 0 bridgehead atoms. The topological polar surface area (TPSA) is 37.3 Å². The minimum absolute atomic E-state index is 0. The first-order chi connectivity index (χ1) is 3.18. The zero-order valence-electron chi connectivity index (χ0n) is 4.64. The van der Waals surface area contributed by atoms with Crippen LogP contribution < -0.4 is 0 Å². The number of aliphatic hydroxyl groups is 1. The average Bonchev–Trinajstić information content (AvgIpc) is 1.65. The van der Waals surface area contributed by atoms with Gasteiger partial charge in [-0.2, -0.15) is 0 Å². The standard InChI is InChI=1S/C5H10O2.Na.H/c1-3-5(7)4(2)6;;/h4,6H,3H2,1-2H3;;. The molecule has 44 valence electrons. The normalized spacial score (nSPS) is 11.9. The van der Waals surface area contributed by atoms with E-state index >= 15 is 0 Å². The summed E-state index contributed by atoms with van der Waals surface area (Å²) in [6.45, 7) is 3.21. The molecular formula is C5H11NaO2. The van der Waals surface area contributed by atoms with Gasteiger partial charge in [0.2, 0.25) is 0 Å². The first kappa shape index (κ1) is 11.4. The van der Waals surface area contributed by atoms with Crippen LogP contribution in [0.3, 0.4) is 0 Å². The summed E-state index contributed by atoms with van der Waals surface area (Å²) < 4.78 is 0. The van der Waals surface area contributed by atoms with Crippen molar-refractivity contribution in [3.63, 3.8) is 0 Å². The Morgan fingerprint density at radius 1 is 1.75 bits per heavy atom. The van der Waals surface area contributed by atoms with Crippen LogP contribution >= 0.6 is 0 Å². The van der Waals surface area contributed by atoms with Crippen molar-refractivity contribution in [1.29, 1.82) is 0 Å². The molecule has 0 aliphatic rings. The van der Waals surface area contributed by atoms with Gasteiger partial charge in [-0.05, 0) is 6.92 Å². The third-order valence-electron chi connectivity index (χ3n) is 0.814. The fourth-order valence-electron chi connectivity index (χ4n) is 0.295. The Balaban J connectivity index is 0. The van der Waals surface area contributed by atoms with E-state index in [1.807, 2.05) is 0 Å². The Kier molecular flexibility index (Phi) is 8.23. The summed E-state index contributed by atoms with van der Waals surface area (Å²) in [6.07, 6.45) is -0.345. The predicted octanol–water partition coefficient (Wildman–Crippen LogP) is -0.302. The Morgan fingerprint density at radius 2 is 2.12 bits per heavy atom. The molecule has 0 radical (unpaired) electrons. The maximum atomic E-state index is 10.3. The zero-order valence-corrected chi connectivity index (χ0v) is 4.64. The Hall–Kier alpha value is 0.630. The summed E-state index contributed by atoms with van der Waals surface area (Å²) in [4.78, 5) is 10.3. The molecule has 0 saturated carbocycles. The molecule has 0 aromatic rings. The van der Waals surface area contributed by atoms with E-state index in [-0.39, 0.29) is 35.3 Å². The summed E-state index contributed by atoms with van der Waals surface area (Å²) in [5.74, 6) is -0.0972. The van der Waals surface area contributed by atoms with Crippen LogP contribution in [-0.4, -0.2) is 46.6 Å². The third-order valence-corrected chi connectivity index (χ3v) is 0.814. The van der Waals surface area contributed by atoms with Gasteiger partial charge in [-0.25, -0.2) is 0 Å². The Bertz CT molecular complexity index is 70.8. The van der Waals surface area contributed by atoms with E-state index in [1.165, 1.54) is 6.92 Å². The Morgan fingerprint density at radius 3 is 2.12 bits per heavy atom. The van der Waals surface area contributed by atoms with Gasteiger partial charge in [0.25, 0.3) is 0 Å². The number of carbonyl (C=O) groups is 1. The molecule has 1 unspecified atom stereocenters. The van der Waals surface area contributed by atoms with Crippen molar-refractivity contribution in [2.75, 3.05) is 0 Å². The molecule has 0 heterocycles. The second kappa shape index (κ2) is 5.76. The summed E-state index contributed by atoms with van der Waals surface area (Å²) in [7, 11) is 0. The summed E-state index contributed by atoms with van der Waals surface area (Å²) in [5, 5.41) is 8.47. The van der Waals surface area contributed by atoms with Crippen molar-refractivity contribution in [1.82, 2.24) is 0 Å². The van der Waals surface area contributed by atoms with Crippen LogP contribution in [0.2, 0.25) is 0 Å². The third kappa shape index (κ3) is 4.78. The van der Waals surface area contributed by atoms with Crippen molar-refractivity contribution in [2.24, 2.45) is 0 Å². The number of rotatable bonds is 2. The number of ketones is 1. The van der Waals surface area contributed by atoms with Crippen molar-refractivity contribution in [2.45, 2.75) is 26.4 Å². The van der Waals surface area contributed by atoms with Gasteiger partial charge < -0.3 is 5.11 Å². The van der Waals surface area contributed by atoms with Gasteiger partial charge in [-0.1, -0.05) is 6.92 Å². The van der Waals surface area contributed by atoms with E-state index < -0.39 is 6.10 Å². The van der Waals surface area contributed by atoms with E-state index in [4.69, 9.17) is 5.11 Å². The summed E-state index contributed by atoms with van der Waals surface area (Å²) in [6, 6.07) is 0. The van der Waals surface area contributed by atoms with Crippen molar-refractivity contribution >= 4 is 35.3 Å². The van der Waals surface area contributed by atoms with Crippen molar-refractivity contribution in [3.05, 3.63) is 0 Å². The van der Waals surface area contributed by atoms with E-state index in [9.17, 15) is 4.79 Å². The molecule has 0 fully saturated rings. The van der Waals surface area contributed by atoms with Crippen LogP contribution in [0.1, 0.15) is 20.3 Å². The van der Waals surface area contributed by atoms with E-state index in [0.717, 1.165) is 0 Å². The van der Waals surface area contributed by atoms with Crippen LogP contribution in [0.5, 0.6) is 0 Å². The minimum atomic E-state index is -0.773. The van der Waals surface area contributed by atoms with Gasteiger partial charge in [0, 0.05) is 6.42 Å². The number of carbonyl (C=O) groups excluding carboxylic acids is 1. The van der Waals surface area contributed by atoms with Gasteiger partial charge >= 0.3 is 29.6 Å². The van der Waals surface area contributed by atoms with Gasteiger partial charge in [0.1, 0.15) is 6.10 Å². The van der Waals surface area contributed by atoms with Gasteiger partial charge in [-0.15, -0.1) is 0 Å². The fraction of sp³-hybridized carbons (Fsp3) is 0.800. The molecule has 0 aromatic heterocycles. The van der Waals surface area contributed by atoms with Gasteiger partial charge in [0.15, 0.2) is 5.78 Å². The molecule has 1 atom stereocenters. The zero-order chi connectivity index (χ0) is 5.86. The van der Waals surface area contributed by atoms with Crippen molar-refractivity contribution < 1.29 is 9.90 Å². The summed E-state index contributed by atoms with van der Waals surface area (Å²) >= 11 is 0. The number of hydrogen-bond donors (Lipinski definition) is 1. The number of aliphatic hydroxyl groups excluding tert-OH is 1. The first-order valence-corrected chi connectivity index (χ1v) is 2.39. The van der Waals surface area contributed by atoms with Crippen LogP contribution in [0.4, 0.5) is 0 Å². The van der Waals surface area contributed by atoms with Crippen LogP contribution in [-0.2, 0) is 4.79 Å². The van der Waals surface area contributed by atoms with Crippen LogP contribution in [0, 0.1) is 0 Å². The molecule has 2 nitrogen and oxygen atoms in total. The average molecular weight is 126 g/mol.